The van der Waals surface area contributed by atoms with Crippen LogP contribution in [0.5, 0.6) is 0 Å². The largest absolute Gasteiger partial charge is 0.477 e. The third-order valence-corrected chi connectivity index (χ3v) is 7.64. The molecule has 1 saturated heterocycles. The van der Waals surface area contributed by atoms with E-state index in [1.165, 1.54) is 11.3 Å². The van der Waals surface area contributed by atoms with Gasteiger partial charge in [0.2, 0.25) is 0 Å². The van der Waals surface area contributed by atoms with Crippen LogP contribution in [-0.2, 0) is 0 Å². The first-order valence-electron chi connectivity index (χ1n) is 5.46. The Kier molecular flexibility index (Phi) is 4.05. The van der Waals surface area contributed by atoms with E-state index in [9.17, 15) is 4.79 Å². The van der Waals surface area contributed by atoms with E-state index in [4.69, 9.17) is 5.11 Å². The number of nitrogens with zero attached hydrogens (tertiary/aromatic N) is 1. The number of carboxylic acid groups (broad SMARTS) is 1. The number of aromatic carboxylic acids is 1. The summed E-state index contributed by atoms with van der Waals surface area (Å²) in [6.45, 7) is 6.25. The predicted molar refractivity (Wildman–Crippen MR) is 75.5 cm³/mol. The topological polar surface area (TPSA) is 50.2 Å². The van der Waals surface area contributed by atoms with E-state index in [-0.39, 0.29) is 0 Å². The van der Waals surface area contributed by atoms with Crippen molar-refractivity contribution < 1.29 is 9.90 Å². The summed E-state index contributed by atoms with van der Waals surface area (Å²) in [6.07, 6.45) is 0. The van der Waals surface area contributed by atoms with Crippen LogP contribution in [0.25, 0.3) is 0 Å². The fourth-order valence-electron chi connectivity index (χ4n) is 1.67. The van der Waals surface area contributed by atoms with Gasteiger partial charge in [0.15, 0.2) is 0 Å². The molecule has 1 aromatic heterocycles. The van der Waals surface area contributed by atoms with E-state index in [2.05, 4.69) is 18.8 Å². The van der Waals surface area contributed by atoms with Crippen molar-refractivity contribution in [2.45, 2.75) is 36.5 Å². The number of carboxylic acids is 1. The van der Waals surface area contributed by atoms with Gasteiger partial charge in [0.25, 0.3) is 0 Å². The van der Waals surface area contributed by atoms with Crippen molar-refractivity contribution in [3.05, 3.63) is 15.6 Å². The molecule has 0 aliphatic carbocycles. The third kappa shape index (κ3) is 2.80. The fraction of sp³-hybridized carbons (Fsp3) is 0.636. The molecule has 1 aliphatic rings. The van der Waals surface area contributed by atoms with Gasteiger partial charge in [-0.15, -0.1) is 23.1 Å². The van der Waals surface area contributed by atoms with Gasteiger partial charge in [-0.05, 0) is 6.92 Å². The number of thioether (sulfide) groups is 2. The Bertz CT molecular complexity index is 432. The van der Waals surface area contributed by atoms with Crippen LogP contribution < -0.4 is 0 Å². The number of thiazole rings is 1. The van der Waals surface area contributed by atoms with E-state index in [0.29, 0.717) is 26.3 Å². The number of rotatable bonds is 2. The molecule has 1 aliphatic heterocycles. The summed E-state index contributed by atoms with van der Waals surface area (Å²) < 4.78 is 0. The summed E-state index contributed by atoms with van der Waals surface area (Å²) in [4.78, 5) is 15.8. The van der Waals surface area contributed by atoms with Gasteiger partial charge < -0.3 is 5.11 Å². The maximum absolute atomic E-state index is 11.0. The normalized spacial score (nSPS) is 29.2. The zero-order chi connectivity index (χ0) is 12.6. The lowest BCUT2D eigenvalue weighted by molar-refractivity contribution is 0.0701. The summed E-state index contributed by atoms with van der Waals surface area (Å²) in [6, 6.07) is 0. The van der Waals surface area contributed by atoms with E-state index < -0.39 is 5.97 Å². The summed E-state index contributed by atoms with van der Waals surface area (Å²) in [5.74, 6) is 0.170. The summed E-state index contributed by atoms with van der Waals surface area (Å²) in [7, 11) is 0. The number of hydrogen-bond donors (Lipinski definition) is 1. The average Bonchev–Trinajstić information content (AvgIpc) is 2.64. The minimum atomic E-state index is -0.860. The van der Waals surface area contributed by atoms with Gasteiger partial charge in [-0.25, -0.2) is 9.78 Å². The molecule has 3 unspecified atom stereocenters. The van der Waals surface area contributed by atoms with Crippen LogP contribution in [0, 0.1) is 6.92 Å². The van der Waals surface area contributed by atoms with Crippen LogP contribution in [0.3, 0.4) is 0 Å². The Labute approximate surface area is 113 Å². The van der Waals surface area contributed by atoms with Crippen molar-refractivity contribution in [3.63, 3.8) is 0 Å². The van der Waals surface area contributed by atoms with Crippen LogP contribution in [0.4, 0.5) is 0 Å². The highest BCUT2D eigenvalue weighted by atomic mass is 32.2. The molecule has 0 amide bonds. The first kappa shape index (κ1) is 13.2. The molecule has 0 spiro atoms. The molecule has 2 rings (SSSR count). The van der Waals surface area contributed by atoms with Crippen molar-refractivity contribution in [2.24, 2.45) is 0 Å². The van der Waals surface area contributed by atoms with Crippen LogP contribution in [-0.4, -0.2) is 32.3 Å². The molecule has 1 fully saturated rings. The van der Waals surface area contributed by atoms with E-state index in [1.54, 1.807) is 6.92 Å². The van der Waals surface area contributed by atoms with Crippen molar-refractivity contribution in [3.8, 4) is 0 Å². The van der Waals surface area contributed by atoms with Gasteiger partial charge in [-0.2, -0.15) is 11.8 Å². The maximum atomic E-state index is 11.0. The van der Waals surface area contributed by atoms with Gasteiger partial charge in [-0.3, -0.25) is 0 Å². The molecular formula is C11H15NO2S3. The molecule has 6 heteroatoms. The van der Waals surface area contributed by atoms with Crippen molar-refractivity contribution in [1.29, 1.82) is 0 Å². The Morgan fingerprint density at radius 1 is 1.41 bits per heavy atom. The molecular weight excluding hydrogens is 274 g/mol. The standard InChI is InChI=1S/C11H15NO2S3/c1-5-9(11(13)14)17-10(12-5)8-4-15-6(2)7(3)16-8/h6-8H,4H2,1-3H3,(H,13,14). The van der Waals surface area contributed by atoms with Gasteiger partial charge in [0.05, 0.1) is 10.9 Å². The zero-order valence-electron chi connectivity index (χ0n) is 9.97. The van der Waals surface area contributed by atoms with Crippen LogP contribution in [0.1, 0.15) is 39.5 Å². The van der Waals surface area contributed by atoms with E-state index in [1.807, 2.05) is 23.5 Å². The molecule has 2 heterocycles. The summed E-state index contributed by atoms with van der Waals surface area (Å²) >= 11 is 5.20. The smallest absolute Gasteiger partial charge is 0.347 e. The first-order chi connectivity index (χ1) is 7.99. The maximum Gasteiger partial charge on any atom is 0.347 e. The van der Waals surface area contributed by atoms with Crippen LogP contribution >= 0.6 is 34.9 Å². The second-order valence-electron chi connectivity index (χ2n) is 4.14. The van der Waals surface area contributed by atoms with Crippen LogP contribution in [0.2, 0.25) is 0 Å². The fourth-order valence-corrected chi connectivity index (χ4v) is 5.76. The second kappa shape index (κ2) is 5.20. The van der Waals surface area contributed by atoms with Crippen LogP contribution in [0.15, 0.2) is 0 Å². The van der Waals surface area contributed by atoms with Crippen molar-refractivity contribution in [2.75, 3.05) is 5.75 Å². The Morgan fingerprint density at radius 2 is 2.12 bits per heavy atom. The van der Waals surface area contributed by atoms with Gasteiger partial charge >= 0.3 is 5.97 Å². The Hall–Kier alpha value is -0.200. The minimum Gasteiger partial charge on any atom is -0.477 e. The van der Waals surface area contributed by atoms with Gasteiger partial charge in [0.1, 0.15) is 9.88 Å². The molecule has 0 radical (unpaired) electrons. The summed E-state index contributed by atoms with van der Waals surface area (Å²) in [5.41, 5.74) is 0.648. The van der Waals surface area contributed by atoms with E-state index in [0.717, 1.165) is 10.8 Å². The lowest BCUT2D eigenvalue weighted by Crippen LogP contribution is -2.21. The average molecular weight is 289 g/mol. The number of aryl methyl sites for hydroxylation is 1. The summed E-state index contributed by atoms with van der Waals surface area (Å²) in [5, 5.41) is 11.6. The Morgan fingerprint density at radius 3 is 2.65 bits per heavy atom. The molecule has 3 nitrogen and oxygen atoms in total. The molecule has 1 aromatic rings. The number of carbonyl (C=O) groups is 1. The Balaban J connectivity index is 2.18. The first-order valence-corrected chi connectivity index (χ1v) is 8.27. The third-order valence-electron chi connectivity index (χ3n) is 2.83. The highest BCUT2D eigenvalue weighted by molar-refractivity contribution is 8.07. The lowest BCUT2D eigenvalue weighted by atomic mass is 10.4. The lowest BCUT2D eigenvalue weighted by Gasteiger charge is -2.30. The van der Waals surface area contributed by atoms with E-state index >= 15 is 0 Å². The predicted octanol–water partition coefficient (Wildman–Crippen LogP) is 3.45. The zero-order valence-corrected chi connectivity index (χ0v) is 12.4. The number of hydrogen-bond acceptors (Lipinski definition) is 5. The monoisotopic (exact) mass is 289 g/mol. The van der Waals surface area contributed by atoms with Gasteiger partial charge in [-0.1, -0.05) is 13.8 Å². The minimum absolute atomic E-state index is 0.350. The SMILES string of the molecule is Cc1nc(C2CSC(C)C(C)S2)sc1C(=O)O. The quantitative estimate of drug-likeness (QED) is 0.903. The second-order valence-corrected chi connectivity index (χ2v) is 8.17. The molecule has 17 heavy (non-hydrogen) atoms. The van der Waals surface area contributed by atoms with Crippen molar-refractivity contribution in [1.82, 2.24) is 4.98 Å². The molecule has 0 saturated carbocycles. The molecule has 0 bridgehead atoms. The molecule has 94 valence electrons. The van der Waals surface area contributed by atoms with Gasteiger partial charge in [0, 0.05) is 16.3 Å². The highest BCUT2D eigenvalue weighted by Crippen LogP contribution is 2.45. The molecule has 0 aromatic carbocycles. The number of aromatic nitrogens is 1. The van der Waals surface area contributed by atoms with Crippen molar-refractivity contribution >= 4 is 40.8 Å². The highest BCUT2D eigenvalue weighted by Gasteiger charge is 2.29. The molecule has 3 atom stereocenters. The molecule has 1 N–H and O–H groups in total.